The summed E-state index contributed by atoms with van der Waals surface area (Å²) in [5, 5.41) is 18.7. The molecule has 0 radical (unpaired) electrons. The zero-order valence-corrected chi connectivity index (χ0v) is 10.2. The second kappa shape index (κ2) is 5.75. The van der Waals surface area contributed by atoms with Crippen molar-refractivity contribution in [2.24, 2.45) is 0 Å². The molecule has 0 aliphatic rings. The van der Waals surface area contributed by atoms with E-state index in [1.165, 1.54) is 20.4 Å². The van der Waals surface area contributed by atoms with E-state index in [9.17, 15) is 14.9 Å². The molecule has 0 bridgehead atoms. The Balaban J connectivity index is 3.09. The molecule has 3 N–H and O–H groups in total. The molecular weight excluding hydrogens is 240 g/mol. The van der Waals surface area contributed by atoms with E-state index in [0.29, 0.717) is 0 Å². The van der Waals surface area contributed by atoms with Crippen molar-refractivity contribution in [3.63, 3.8) is 0 Å². The molecule has 0 saturated carbocycles. The average Bonchev–Trinajstić information content (AvgIpc) is 2.36. The molecule has 0 aliphatic carbocycles. The molecule has 18 heavy (non-hydrogen) atoms. The summed E-state index contributed by atoms with van der Waals surface area (Å²) in [6.07, 6.45) is 1.18. The number of carbonyl (C=O) groups excluding carboxylic acids is 1. The van der Waals surface area contributed by atoms with Crippen LogP contribution in [0.3, 0.4) is 0 Å². The van der Waals surface area contributed by atoms with Gasteiger partial charge in [0.05, 0.1) is 4.92 Å². The highest BCUT2D eigenvalue weighted by Gasteiger charge is 2.24. The molecule has 0 spiro atoms. The summed E-state index contributed by atoms with van der Waals surface area (Å²) in [6.45, 7) is 1.57. The highest BCUT2D eigenvalue weighted by Crippen LogP contribution is 2.28. The van der Waals surface area contributed by atoms with Gasteiger partial charge in [-0.3, -0.25) is 14.9 Å². The molecule has 1 aromatic rings. The minimum atomic E-state index is -0.645. The molecule has 1 heterocycles. The number of aromatic nitrogens is 2. The maximum Gasteiger partial charge on any atom is 0.353 e. The molecule has 0 fully saturated rings. The van der Waals surface area contributed by atoms with Crippen LogP contribution in [0.5, 0.6) is 0 Å². The normalized spacial score (nSPS) is 11.5. The lowest BCUT2D eigenvalue weighted by Gasteiger charge is -2.13. The molecule has 1 aromatic heterocycles. The van der Waals surface area contributed by atoms with E-state index in [2.05, 4.69) is 25.9 Å². The molecule has 0 aromatic carbocycles. The van der Waals surface area contributed by atoms with Crippen LogP contribution in [0.1, 0.15) is 6.92 Å². The van der Waals surface area contributed by atoms with Crippen LogP contribution in [-0.2, 0) is 4.79 Å². The Labute approximate surface area is 103 Å². The summed E-state index contributed by atoms with van der Waals surface area (Å²) in [5.74, 6) is -0.217. The van der Waals surface area contributed by atoms with Gasteiger partial charge in [0, 0.05) is 14.1 Å². The van der Waals surface area contributed by atoms with E-state index >= 15 is 0 Å². The zero-order valence-electron chi connectivity index (χ0n) is 10.2. The van der Waals surface area contributed by atoms with Crippen LogP contribution >= 0.6 is 0 Å². The van der Waals surface area contributed by atoms with Crippen LogP contribution in [0.25, 0.3) is 0 Å². The van der Waals surface area contributed by atoms with Gasteiger partial charge >= 0.3 is 5.69 Å². The minimum absolute atomic E-state index is 0.00421. The van der Waals surface area contributed by atoms with Crippen LogP contribution in [0.2, 0.25) is 0 Å². The third-order valence-electron chi connectivity index (χ3n) is 2.23. The van der Waals surface area contributed by atoms with Crippen molar-refractivity contribution >= 4 is 23.2 Å². The van der Waals surface area contributed by atoms with Crippen molar-refractivity contribution in [2.75, 3.05) is 24.7 Å². The SMILES string of the molecule is CNC(=O)C(C)Nc1ncnc(NC)c1[N+](=O)[O-]. The van der Waals surface area contributed by atoms with Crippen molar-refractivity contribution in [3.8, 4) is 0 Å². The van der Waals surface area contributed by atoms with Gasteiger partial charge in [0.15, 0.2) is 0 Å². The van der Waals surface area contributed by atoms with E-state index in [1.54, 1.807) is 6.92 Å². The van der Waals surface area contributed by atoms with Gasteiger partial charge < -0.3 is 16.0 Å². The number of hydrogen-bond acceptors (Lipinski definition) is 7. The number of nitrogens with zero attached hydrogens (tertiary/aromatic N) is 3. The first-order valence-electron chi connectivity index (χ1n) is 5.16. The molecule has 9 heteroatoms. The average molecular weight is 254 g/mol. The zero-order chi connectivity index (χ0) is 13.7. The third kappa shape index (κ3) is 2.81. The number of rotatable bonds is 5. The summed E-state index contributed by atoms with van der Waals surface area (Å²) in [6, 6.07) is -0.645. The topological polar surface area (TPSA) is 122 Å². The smallest absolute Gasteiger partial charge is 0.353 e. The highest BCUT2D eigenvalue weighted by molar-refractivity contribution is 5.85. The molecular formula is C9H14N6O3. The number of nitro groups is 1. The van der Waals surface area contributed by atoms with E-state index < -0.39 is 11.0 Å². The molecule has 0 aliphatic heterocycles. The fourth-order valence-electron chi connectivity index (χ4n) is 1.33. The van der Waals surface area contributed by atoms with Gasteiger partial charge in [-0.1, -0.05) is 0 Å². The molecule has 1 rings (SSSR count). The van der Waals surface area contributed by atoms with Crippen molar-refractivity contribution in [1.29, 1.82) is 0 Å². The lowest BCUT2D eigenvalue weighted by Crippen LogP contribution is -2.35. The number of anilines is 2. The first kappa shape index (κ1) is 13.6. The predicted molar refractivity (Wildman–Crippen MR) is 65.4 cm³/mol. The Bertz CT molecular complexity index is 464. The van der Waals surface area contributed by atoms with E-state index in [1.807, 2.05) is 0 Å². The Morgan fingerprint density at radius 1 is 1.39 bits per heavy atom. The molecule has 1 atom stereocenters. The first-order chi connectivity index (χ1) is 8.51. The molecule has 0 saturated heterocycles. The van der Waals surface area contributed by atoms with Gasteiger partial charge in [-0.15, -0.1) is 0 Å². The number of hydrogen-bond donors (Lipinski definition) is 3. The fourth-order valence-corrected chi connectivity index (χ4v) is 1.33. The predicted octanol–water partition coefficient (Wildman–Crippen LogP) is -0.0271. The molecule has 1 unspecified atom stereocenters. The van der Waals surface area contributed by atoms with E-state index in [-0.39, 0.29) is 23.2 Å². The summed E-state index contributed by atoms with van der Waals surface area (Å²) in [4.78, 5) is 29.2. The highest BCUT2D eigenvalue weighted by atomic mass is 16.6. The van der Waals surface area contributed by atoms with Gasteiger partial charge in [-0.25, -0.2) is 9.97 Å². The van der Waals surface area contributed by atoms with Crippen molar-refractivity contribution in [1.82, 2.24) is 15.3 Å². The molecule has 1 amide bonds. The van der Waals surface area contributed by atoms with Crippen LogP contribution in [-0.4, -0.2) is 40.9 Å². The summed E-state index contributed by atoms with van der Waals surface area (Å²) in [7, 11) is 3.00. The monoisotopic (exact) mass is 254 g/mol. The Kier molecular flexibility index (Phi) is 4.35. The van der Waals surface area contributed by atoms with Gasteiger partial charge in [-0.2, -0.15) is 0 Å². The first-order valence-corrected chi connectivity index (χ1v) is 5.16. The van der Waals surface area contributed by atoms with Crippen molar-refractivity contribution < 1.29 is 9.72 Å². The van der Waals surface area contributed by atoms with Crippen molar-refractivity contribution in [3.05, 3.63) is 16.4 Å². The van der Waals surface area contributed by atoms with Gasteiger partial charge in [0.1, 0.15) is 12.4 Å². The maximum atomic E-state index is 11.3. The van der Waals surface area contributed by atoms with Crippen LogP contribution in [0.15, 0.2) is 6.33 Å². The lowest BCUT2D eigenvalue weighted by atomic mass is 10.3. The number of carbonyl (C=O) groups is 1. The van der Waals surface area contributed by atoms with Gasteiger partial charge in [0.25, 0.3) is 0 Å². The summed E-state index contributed by atoms with van der Waals surface area (Å²) < 4.78 is 0. The maximum absolute atomic E-state index is 11.3. The van der Waals surface area contributed by atoms with E-state index in [4.69, 9.17) is 0 Å². The lowest BCUT2D eigenvalue weighted by molar-refractivity contribution is -0.383. The van der Waals surface area contributed by atoms with Gasteiger partial charge in [-0.05, 0) is 6.92 Å². The Morgan fingerprint density at radius 3 is 2.50 bits per heavy atom. The summed E-state index contributed by atoms with van der Waals surface area (Å²) >= 11 is 0. The Hall–Kier alpha value is -2.45. The number of amides is 1. The quantitative estimate of drug-likeness (QED) is 0.498. The van der Waals surface area contributed by atoms with E-state index in [0.717, 1.165) is 0 Å². The van der Waals surface area contributed by atoms with Crippen LogP contribution in [0, 0.1) is 10.1 Å². The molecule has 98 valence electrons. The fraction of sp³-hybridized carbons (Fsp3) is 0.444. The summed E-state index contributed by atoms with van der Waals surface area (Å²) in [5.41, 5.74) is -0.296. The third-order valence-corrected chi connectivity index (χ3v) is 2.23. The Morgan fingerprint density at radius 2 is 2.00 bits per heavy atom. The second-order valence-corrected chi connectivity index (χ2v) is 3.41. The number of likely N-dealkylation sites (N-methyl/N-ethyl adjacent to an activating group) is 1. The van der Waals surface area contributed by atoms with Crippen LogP contribution in [0.4, 0.5) is 17.3 Å². The standard InChI is InChI=1S/C9H14N6O3/c1-5(9(16)11-3)14-8-6(15(17)18)7(10-2)12-4-13-8/h4-5H,1-3H3,(H,11,16)(H2,10,12,13,14). The van der Waals surface area contributed by atoms with Gasteiger partial charge in [0.2, 0.25) is 17.5 Å². The number of nitrogens with one attached hydrogen (secondary N) is 3. The van der Waals surface area contributed by atoms with Crippen LogP contribution < -0.4 is 16.0 Å². The minimum Gasteiger partial charge on any atom is -0.367 e. The second-order valence-electron chi connectivity index (χ2n) is 3.41. The largest absolute Gasteiger partial charge is 0.367 e. The molecule has 9 nitrogen and oxygen atoms in total. The van der Waals surface area contributed by atoms with Crippen molar-refractivity contribution in [2.45, 2.75) is 13.0 Å².